The zero-order valence-electron chi connectivity index (χ0n) is 8.01. The Morgan fingerprint density at radius 3 is 3.00 bits per heavy atom. The molecule has 1 atom stereocenters. The quantitative estimate of drug-likeness (QED) is 0.578. The molecule has 1 unspecified atom stereocenters. The maximum absolute atomic E-state index is 11.2. The minimum atomic E-state index is -0.156. The van der Waals surface area contributed by atoms with E-state index in [0.717, 1.165) is 17.6 Å². The molecule has 0 aromatic heterocycles. The first kappa shape index (κ1) is 10.2. The highest BCUT2D eigenvalue weighted by Gasteiger charge is 2.27. The summed E-state index contributed by atoms with van der Waals surface area (Å²) in [6.45, 7) is 0.504. The Morgan fingerprint density at radius 2 is 2.33 bits per heavy atom. The molecule has 1 aromatic rings. The summed E-state index contributed by atoms with van der Waals surface area (Å²) in [5, 5.41) is -0.119. The van der Waals surface area contributed by atoms with Crippen LogP contribution < -0.4 is 0 Å². The van der Waals surface area contributed by atoms with Gasteiger partial charge in [-0.05, 0) is 12.1 Å². The van der Waals surface area contributed by atoms with Crippen LogP contribution >= 0.6 is 11.8 Å². The van der Waals surface area contributed by atoms with Gasteiger partial charge in [-0.3, -0.25) is 9.59 Å². The molecule has 1 heterocycles. The lowest BCUT2D eigenvalue weighted by Gasteiger charge is -2.05. The van der Waals surface area contributed by atoms with Crippen molar-refractivity contribution in [2.24, 2.45) is 0 Å². The second-order valence-electron chi connectivity index (χ2n) is 3.25. The first-order chi connectivity index (χ1) is 7.29. The molecule has 0 spiro atoms. The van der Waals surface area contributed by atoms with E-state index in [1.165, 1.54) is 11.8 Å². The lowest BCUT2D eigenvalue weighted by atomic mass is 10.2. The van der Waals surface area contributed by atoms with Gasteiger partial charge in [0.2, 0.25) is 0 Å². The van der Waals surface area contributed by atoms with Crippen LogP contribution in [0.4, 0.5) is 0 Å². The van der Waals surface area contributed by atoms with Crippen LogP contribution in [0.5, 0.6) is 0 Å². The Bertz CT molecular complexity index is 389. The number of rotatable bonds is 3. The van der Waals surface area contributed by atoms with Crippen molar-refractivity contribution in [1.82, 2.24) is 0 Å². The van der Waals surface area contributed by atoms with Crippen LogP contribution in [0.15, 0.2) is 29.2 Å². The van der Waals surface area contributed by atoms with Crippen LogP contribution in [0.3, 0.4) is 0 Å². The van der Waals surface area contributed by atoms with Gasteiger partial charge in [-0.25, -0.2) is 0 Å². The summed E-state index contributed by atoms with van der Waals surface area (Å²) in [5.74, 6) is -0.156. The second-order valence-corrected chi connectivity index (χ2v) is 4.53. The summed E-state index contributed by atoms with van der Waals surface area (Å²) in [7, 11) is 0. The molecule has 3 nitrogen and oxygen atoms in total. The fourth-order valence-electron chi connectivity index (χ4n) is 1.41. The summed E-state index contributed by atoms with van der Waals surface area (Å²) in [5.41, 5.74) is 0.631. The number of esters is 1. The van der Waals surface area contributed by atoms with E-state index in [0.29, 0.717) is 12.2 Å². The van der Waals surface area contributed by atoms with Gasteiger partial charge < -0.3 is 4.74 Å². The maximum atomic E-state index is 11.2. The third-order valence-corrected chi connectivity index (χ3v) is 3.40. The van der Waals surface area contributed by atoms with Crippen molar-refractivity contribution in [3.05, 3.63) is 29.8 Å². The number of benzene rings is 1. The molecule has 1 aliphatic heterocycles. The Labute approximate surface area is 91.8 Å². The van der Waals surface area contributed by atoms with Crippen molar-refractivity contribution in [3.63, 3.8) is 0 Å². The van der Waals surface area contributed by atoms with Gasteiger partial charge in [-0.1, -0.05) is 12.1 Å². The van der Waals surface area contributed by atoms with Gasteiger partial charge in [0.15, 0.2) is 0 Å². The molecule has 0 aliphatic carbocycles. The highest BCUT2D eigenvalue weighted by atomic mass is 32.2. The van der Waals surface area contributed by atoms with Crippen LogP contribution in [-0.2, 0) is 9.53 Å². The number of aldehydes is 1. The number of thioether (sulfide) groups is 1. The molecule has 1 fully saturated rings. The van der Waals surface area contributed by atoms with Gasteiger partial charge in [-0.2, -0.15) is 0 Å². The van der Waals surface area contributed by atoms with Crippen molar-refractivity contribution in [2.45, 2.75) is 16.6 Å². The second kappa shape index (κ2) is 4.49. The van der Waals surface area contributed by atoms with E-state index < -0.39 is 0 Å². The number of hydrogen-bond donors (Lipinski definition) is 0. The SMILES string of the molecule is O=Cc1cccc(SC2CCOC2=O)c1. The van der Waals surface area contributed by atoms with Gasteiger partial charge in [-0.15, -0.1) is 11.8 Å². The van der Waals surface area contributed by atoms with Crippen LogP contribution in [0.2, 0.25) is 0 Å². The Morgan fingerprint density at radius 1 is 1.47 bits per heavy atom. The van der Waals surface area contributed by atoms with Gasteiger partial charge in [0.05, 0.1) is 6.61 Å². The largest absolute Gasteiger partial charge is 0.465 e. The molecule has 0 N–H and O–H groups in total. The molecule has 15 heavy (non-hydrogen) atoms. The minimum Gasteiger partial charge on any atom is -0.465 e. The van der Waals surface area contributed by atoms with Gasteiger partial charge >= 0.3 is 5.97 Å². The number of ether oxygens (including phenoxy) is 1. The average molecular weight is 222 g/mol. The summed E-state index contributed by atoms with van der Waals surface area (Å²) < 4.78 is 4.86. The Kier molecular flexibility index (Phi) is 3.06. The predicted molar refractivity (Wildman–Crippen MR) is 57.1 cm³/mol. The molecule has 0 amide bonds. The number of cyclic esters (lactones) is 1. The lowest BCUT2D eigenvalue weighted by molar-refractivity contribution is -0.137. The smallest absolute Gasteiger partial charge is 0.319 e. The molecular weight excluding hydrogens is 212 g/mol. The molecule has 0 bridgehead atoms. The van der Waals surface area contributed by atoms with Crippen molar-refractivity contribution in [1.29, 1.82) is 0 Å². The normalized spacial score (nSPS) is 20.0. The molecule has 4 heteroatoms. The van der Waals surface area contributed by atoms with Crippen LogP contribution in [0.1, 0.15) is 16.8 Å². The first-order valence-corrected chi connectivity index (χ1v) is 5.56. The van der Waals surface area contributed by atoms with Crippen molar-refractivity contribution < 1.29 is 14.3 Å². The van der Waals surface area contributed by atoms with Crippen molar-refractivity contribution in [2.75, 3.05) is 6.61 Å². The molecule has 0 radical (unpaired) electrons. The van der Waals surface area contributed by atoms with Gasteiger partial charge in [0.1, 0.15) is 11.5 Å². The van der Waals surface area contributed by atoms with Crippen LogP contribution in [-0.4, -0.2) is 24.1 Å². The topological polar surface area (TPSA) is 43.4 Å². The van der Waals surface area contributed by atoms with E-state index in [1.54, 1.807) is 12.1 Å². The van der Waals surface area contributed by atoms with Gasteiger partial charge in [0.25, 0.3) is 0 Å². The first-order valence-electron chi connectivity index (χ1n) is 4.68. The highest BCUT2D eigenvalue weighted by Crippen LogP contribution is 2.29. The maximum Gasteiger partial charge on any atom is 0.319 e. The molecule has 1 aromatic carbocycles. The molecule has 1 saturated heterocycles. The highest BCUT2D eigenvalue weighted by molar-refractivity contribution is 8.00. The molecular formula is C11H10O3S. The summed E-state index contributed by atoms with van der Waals surface area (Å²) in [4.78, 5) is 22.7. The predicted octanol–water partition coefficient (Wildman–Crippen LogP) is 1.91. The number of hydrogen-bond acceptors (Lipinski definition) is 4. The fraction of sp³-hybridized carbons (Fsp3) is 0.273. The van der Waals surface area contributed by atoms with E-state index in [9.17, 15) is 9.59 Å². The molecule has 1 aliphatic rings. The van der Waals surface area contributed by atoms with Gasteiger partial charge in [0, 0.05) is 16.9 Å². The Hall–Kier alpha value is -1.29. The number of carbonyl (C=O) groups is 2. The summed E-state index contributed by atoms with van der Waals surface area (Å²) >= 11 is 1.46. The van der Waals surface area contributed by atoms with Crippen LogP contribution in [0, 0.1) is 0 Å². The standard InChI is InChI=1S/C11H10O3S/c12-7-8-2-1-3-9(6-8)15-10-4-5-14-11(10)13/h1-3,6-7,10H,4-5H2. The van der Waals surface area contributed by atoms with Crippen LogP contribution in [0.25, 0.3) is 0 Å². The van der Waals surface area contributed by atoms with Crippen molar-refractivity contribution >= 4 is 24.0 Å². The average Bonchev–Trinajstić information content (AvgIpc) is 2.65. The molecule has 78 valence electrons. The van der Waals surface area contributed by atoms with E-state index >= 15 is 0 Å². The summed E-state index contributed by atoms with van der Waals surface area (Å²) in [6, 6.07) is 7.23. The Balaban J connectivity index is 2.09. The summed E-state index contributed by atoms with van der Waals surface area (Å²) in [6.07, 6.45) is 1.55. The zero-order valence-corrected chi connectivity index (χ0v) is 8.83. The van der Waals surface area contributed by atoms with E-state index in [-0.39, 0.29) is 11.2 Å². The molecule has 2 rings (SSSR count). The van der Waals surface area contributed by atoms with E-state index in [4.69, 9.17) is 4.74 Å². The van der Waals surface area contributed by atoms with E-state index in [2.05, 4.69) is 0 Å². The minimum absolute atomic E-state index is 0.119. The molecule has 0 saturated carbocycles. The fourth-order valence-corrected chi connectivity index (χ4v) is 2.48. The number of carbonyl (C=O) groups excluding carboxylic acids is 2. The third-order valence-electron chi connectivity index (χ3n) is 2.16. The zero-order chi connectivity index (χ0) is 10.7. The van der Waals surface area contributed by atoms with Crippen molar-refractivity contribution in [3.8, 4) is 0 Å². The third kappa shape index (κ3) is 2.39. The monoisotopic (exact) mass is 222 g/mol. The van der Waals surface area contributed by atoms with E-state index in [1.807, 2.05) is 12.1 Å². The lowest BCUT2D eigenvalue weighted by Crippen LogP contribution is -2.09.